The highest BCUT2D eigenvalue weighted by atomic mass is 16.6. The summed E-state index contributed by atoms with van der Waals surface area (Å²) in [5, 5.41) is 12.8. The average molecular weight is 179 g/mol. The van der Waals surface area contributed by atoms with Crippen LogP contribution in [0, 0.1) is 10.1 Å². The summed E-state index contributed by atoms with van der Waals surface area (Å²) in [4.78, 5) is 24.3. The third-order valence-corrected chi connectivity index (χ3v) is 1.76. The minimum absolute atomic E-state index is 0.178. The Kier molecular flexibility index (Phi) is 1.48. The second-order valence-corrected chi connectivity index (χ2v) is 2.66. The molecular formula is C7H5N3O3. The molecule has 0 atom stereocenters. The SMILES string of the molecule is O=C1Cc2ccc([N+](=O)[O-])nc2N1. The summed E-state index contributed by atoms with van der Waals surface area (Å²) in [6.07, 6.45) is 0.250. The summed E-state index contributed by atoms with van der Waals surface area (Å²) in [5.74, 6) is -0.122. The van der Waals surface area contributed by atoms with Gasteiger partial charge in [-0.15, -0.1) is 0 Å². The molecule has 2 rings (SSSR count). The van der Waals surface area contributed by atoms with Crippen LogP contribution in [0.1, 0.15) is 5.56 Å². The molecule has 0 saturated carbocycles. The van der Waals surface area contributed by atoms with Crippen LogP contribution in [0.25, 0.3) is 0 Å². The molecular weight excluding hydrogens is 174 g/mol. The Morgan fingerprint density at radius 1 is 1.54 bits per heavy atom. The third kappa shape index (κ3) is 1.22. The number of anilines is 1. The minimum atomic E-state index is -0.593. The van der Waals surface area contributed by atoms with Crippen molar-refractivity contribution in [2.75, 3.05) is 5.32 Å². The molecule has 0 unspecified atom stereocenters. The zero-order chi connectivity index (χ0) is 9.42. The highest BCUT2D eigenvalue weighted by molar-refractivity contribution is 5.97. The van der Waals surface area contributed by atoms with Crippen LogP contribution in [-0.4, -0.2) is 15.8 Å². The lowest BCUT2D eigenvalue weighted by Gasteiger charge is -1.93. The van der Waals surface area contributed by atoms with Crippen molar-refractivity contribution >= 4 is 17.5 Å². The quantitative estimate of drug-likeness (QED) is 0.502. The van der Waals surface area contributed by atoms with Gasteiger partial charge < -0.3 is 10.1 Å². The van der Waals surface area contributed by atoms with Gasteiger partial charge in [0, 0.05) is 11.6 Å². The molecule has 0 bridgehead atoms. The first-order valence-electron chi connectivity index (χ1n) is 3.61. The van der Waals surface area contributed by atoms with E-state index in [-0.39, 0.29) is 18.1 Å². The van der Waals surface area contributed by atoms with Gasteiger partial charge in [0.25, 0.3) is 5.82 Å². The predicted octanol–water partition coefficient (Wildman–Crippen LogP) is 0.484. The fraction of sp³-hybridized carbons (Fsp3) is 0.143. The van der Waals surface area contributed by atoms with Crippen molar-refractivity contribution < 1.29 is 9.72 Å². The molecule has 66 valence electrons. The van der Waals surface area contributed by atoms with Crippen LogP contribution in [0.15, 0.2) is 12.1 Å². The number of rotatable bonds is 1. The summed E-state index contributed by atoms with van der Waals surface area (Å²) >= 11 is 0. The Morgan fingerprint density at radius 3 is 3.00 bits per heavy atom. The molecule has 0 fully saturated rings. The zero-order valence-corrected chi connectivity index (χ0v) is 6.48. The monoisotopic (exact) mass is 179 g/mol. The number of fused-ring (bicyclic) bond motifs is 1. The standard InChI is InChI=1S/C7H5N3O3/c11-6-3-4-1-2-5(10(12)13)8-7(4)9-6/h1-2H,3H2,(H,8,9,11). The Bertz CT molecular complexity index is 402. The fourth-order valence-corrected chi connectivity index (χ4v) is 1.18. The topological polar surface area (TPSA) is 85.1 Å². The smallest absolute Gasteiger partial charge is 0.358 e. The van der Waals surface area contributed by atoms with Crippen molar-refractivity contribution in [3.63, 3.8) is 0 Å². The maximum atomic E-state index is 10.9. The second-order valence-electron chi connectivity index (χ2n) is 2.66. The molecule has 0 radical (unpaired) electrons. The first kappa shape index (κ1) is 7.66. The fourth-order valence-electron chi connectivity index (χ4n) is 1.18. The van der Waals surface area contributed by atoms with Gasteiger partial charge in [-0.05, 0) is 16.0 Å². The number of aromatic nitrogens is 1. The van der Waals surface area contributed by atoms with Gasteiger partial charge in [0.05, 0.1) is 6.42 Å². The molecule has 1 N–H and O–H groups in total. The normalized spacial score (nSPS) is 13.7. The van der Waals surface area contributed by atoms with Crippen molar-refractivity contribution in [1.82, 2.24) is 4.98 Å². The Hall–Kier alpha value is -1.98. The van der Waals surface area contributed by atoms with E-state index in [9.17, 15) is 14.9 Å². The van der Waals surface area contributed by atoms with Crippen molar-refractivity contribution in [2.24, 2.45) is 0 Å². The van der Waals surface area contributed by atoms with Gasteiger partial charge in [0.15, 0.2) is 0 Å². The van der Waals surface area contributed by atoms with E-state index in [1.165, 1.54) is 6.07 Å². The lowest BCUT2D eigenvalue weighted by atomic mass is 10.2. The summed E-state index contributed by atoms with van der Waals surface area (Å²) in [5.41, 5.74) is 0.704. The molecule has 13 heavy (non-hydrogen) atoms. The molecule has 1 aliphatic heterocycles. The van der Waals surface area contributed by atoms with Gasteiger partial charge in [-0.2, -0.15) is 0 Å². The third-order valence-electron chi connectivity index (χ3n) is 1.76. The van der Waals surface area contributed by atoms with Crippen LogP contribution in [0.2, 0.25) is 0 Å². The van der Waals surface area contributed by atoms with Crippen molar-refractivity contribution in [3.8, 4) is 0 Å². The lowest BCUT2D eigenvalue weighted by Crippen LogP contribution is -2.04. The van der Waals surface area contributed by atoms with Crippen LogP contribution in [-0.2, 0) is 11.2 Å². The number of carbonyl (C=O) groups is 1. The summed E-state index contributed by atoms with van der Waals surface area (Å²) in [7, 11) is 0. The first-order valence-corrected chi connectivity index (χ1v) is 3.61. The van der Waals surface area contributed by atoms with E-state index in [1.807, 2.05) is 0 Å². The molecule has 1 aromatic rings. The van der Waals surface area contributed by atoms with E-state index in [1.54, 1.807) is 6.07 Å². The molecule has 1 aromatic heterocycles. The van der Waals surface area contributed by atoms with E-state index in [4.69, 9.17) is 0 Å². The van der Waals surface area contributed by atoms with Gasteiger partial charge in [-0.25, -0.2) is 0 Å². The van der Waals surface area contributed by atoms with E-state index in [0.29, 0.717) is 11.4 Å². The van der Waals surface area contributed by atoms with Gasteiger partial charge in [0.1, 0.15) is 0 Å². The van der Waals surface area contributed by atoms with E-state index >= 15 is 0 Å². The number of amides is 1. The molecule has 2 heterocycles. The van der Waals surface area contributed by atoms with Crippen molar-refractivity contribution in [2.45, 2.75) is 6.42 Å². The second kappa shape index (κ2) is 2.51. The number of pyridine rings is 1. The van der Waals surface area contributed by atoms with Crippen LogP contribution >= 0.6 is 0 Å². The van der Waals surface area contributed by atoms with Gasteiger partial charge in [-0.3, -0.25) is 10.1 Å². The van der Waals surface area contributed by atoms with Gasteiger partial charge in [0.2, 0.25) is 5.91 Å². The minimum Gasteiger partial charge on any atom is -0.358 e. The molecule has 0 aromatic carbocycles. The number of hydrogen-bond acceptors (Lipinski definition) is 4. The highest BCUT2D eigenvalue weighted by Gasteiger charge is 2.24. The van der Waals surface area contributed by atoms with E-state index < -0.39 is 4.92 Å². The summed E-state index contributed by atoms with van der Waals surface area (Å²) in [6, 6.07) is 2.83. The van der Waals surface area contributed by atoms with E-state index in [2.05, 4.69) is 10.3 Å². The Morgan fingerprint density at radius 2 is 2.31 bits per heavy atom. The lowest BCUT2D eigenvalue weighted by molar-refractivity contribution is -0.389. The molecule has 1 amide bonds. The van der Waals surface area contributed by atoms with Crippen molar-refractivity contribution in [1.29, 1.82) is 0 Å². The van der Waals surface area contributed by atoms with Gasteiger partial charge in [-0.1, -0.05) is 0 Å². The van der Waals surface area contributed by atoms with Gasteiger partial charge >= 0.3 is 5.82 Å². The molecule has 6 heteroatoms. The Balaban J connectivity index is 2.45. The zero-order valence-electron chi connectivity index (χ0n) is 6.48. The molecule has 6 nitrogen and oxygen atoms in total. The van der Waals surface area contributed by atoms with Crippen LogP contribution in [0.3, 0.4) is 0 Å². The maximum Gasteiger partial charge on any atom is 0.365 e. The number of nitrogens with one attached hydrogen (secondary N) is 1. The molecule has 1 aliphatic rings. The number of hydrogen-bond donors (Lipinski definition) is 1. The highest BCUT2D eigenvalue weighted by Crippen LogP contribution is 2.22. The number of nitro groups is 1. The average Bonchev–Trinajstić information content (AvgIpc) is 2.42. The molecule has 0 saturated heterocycles. The maximum absolute atomic E-state index is 10.9. The van der Waals surface area contributed by atoms with Crippen LogP contribution in [0.5, 0.6) is 0 Å². The molecule has 0 spiro atoms. The predicted molar refractivity (Wildman–Crippen MR) is 43.2 cm³/mol. The Labute approximate surface area is 72.7 Å². The number of carbonyl (C=O) groups excluding carboxylic acids is 1. The van der Waals surface area contributed by atoms with Crippen molar-refractivity contribution in [3.05, 3.63) is 27.8 Å². The van der Waals surface area contributed by atoms with E-state index in [0.717, 1.165) is 0 Å². The summed E-state index contributed by atoms with van der Waals surface area (Å²) < 4.78 is 0. The number of nitrogens with zero attached hydrogens (tertiary/aromatic N) is 2. The van der Waals surface area contributed by atoms with Crippen LogP contribution in [0.4, 0.5) is 11.6 Å². The molecule has 0 aliphatic carbocycles. The van der Waals surface area contributed by atoms with Crippen LogP contribution < -0.4 is 5.32 Å². The largest absolute Gasteiger partial charge is 0.365 e. The first-order chi connectivity index (χ1) is 6.16. The summed E-state index contributed by atoms with van der Waals surface area (Å²) in [6.45, 7) is 0.